The zero-order valence-corrected chi connectivity index (χ0v) is 12.0. The van der Waals surface area contributed by atoms with Gasteiger partial charge in [0.1, 0.15) is 6.04 Å². The smallest absolute Gasteiger partial charge is 0.320 e. The van der Waals surface area contributed by atoms with Gasteiger partial charge in [0.25, 0.3) is 0 Å². The van der Waals surface area contributed by atoms with Crippen molar-refractivity contribution in [3.05, 3.63) is 0 Å². The molecule has 0 aromatic carbocycles. The highest BCUT2D eigenvalue weighted by Gasteiger charge is 2.31. The Bertz CT molecular complexity index is 386. The maximum atomic E-state index is 11.4. The van der Waals surface area contributed by atoms with Gasteiger partial charge >= 0.3 is 5.97 Å². The Morgan fingerprint density at radius 2 is 1.72 bits per heavy atom. The van der Waals surface area contributed by atoms with E-state index in [0.717, 1.165) is 0 Å². The molecule has 0 aromatic heterocycles. The molecule has 7 heteroatoms. The van der Waals surface area contributed by atoms with Crippen molar-refractivity contribution in [2.75, 3.05) is 32.4 Å². The third-order valence-corrected chi connectivity index (χ3v) is 4.47. The largest absolute Gasteiger partial charge is 0.480 e. The molecule has 106 valence electrons. The molecule has 1 fully saturated rings. The zero-order chi connectivity index (χ0) is 13.9. The van der Waals surface area contributed by atoms with Crippen molar-refractivity contribution in [2.45, 2.75) is 26.3 Å². The van der Waals surface area contributed by atoms with Crippen LogP contribution in [0.5, 0.6) is 0 Å². The van der Waals surface area contributed by atoms with Crippen LogP contribution in [-0.2, 0) is 14.8 Å². The number of carboxylic acid groups (broad SMARTS) is 1. The Kier molecular flexibility index (Phi) is 5.12. The van der Waals surface area contributed by atoms with Gasteiger partial charge in [0.05, 0.1) is 6.26 Å². The highest BCUT2D eigenvalue weighted by Crippen LogP contribution is 2.15. The summed E-state index contributed by atoms with van der Waals surface area (Å²) in [6.45, 7) is 5.69. The third kappa shape index (κ3) is 4.22. The molecule has 1 N–H and O–H groups in total. The van der Waals surface area contributed by atoms with E-state index in [2.05, 4.69) is 0 Å². The van der Waals surface area contributed by atoms with Crippen LogP contribution in [0.3, 0.4) is 0 Å². The van der Waals surface area contributed by atoms with E-state index in [0.29, 0.717) is 38.5 Å². The molecule has 1 aliphatic heterocycles. The fourth-order valence-electron chi connectivity index (χ4n) is 2.20. The van der Waals surface area contributed by atoms with E-state index in [1.807, 2.05) is 18.7 Å². The lowest BCUT2D eigenvalue weighted by atomic mass is 10.0. The van der Waals surface area contributed by atoms with Gasteiger partial charge in [-0.2, -0.15) is 4.31 Å². The second-order valence-electron chi connectivity index (χ2n) is 5.18. The van der Waals surface area contributed by atoms with Gasteiger partial charge < -0.3 is 5.11 Å². The number of carbonyl (C=O) groups is 1. The van der Waals surface area contributed by atoms with Crippen LogP contribution in [0.2, 0.25) is 0 Å². The molecule has 0 aromatic rings. The molecular weight excluding hydrogens is 256 g/mol. The van der Waals surface area contributed by atoms with E-state index in [4.69, 9.17) is 0 Å². The van der Waals surface area contributed by atoms with Gasteiger partial charge in [-0.15, -0.1) is 0 Å². The number of hydrogen-bond donors (Lipinski definition) is 1. The number of hydrogen-bond acceptors (Lipinski definition) is 4. The summed E-state index contributed by atoms with van der Waals surface area (Å²) in [5.74, 6) is -0.518. The first-order chi connectivity index (χ1) is 8.21. The average molecular weight is 278 g/mol. The highest BCUT2D eigenvalue weighted by molar-refractivity contribution is 7.88. The van der Waals surface area contributed by atoms with Crippen molar-refractivity contribution < 1.29 is 18.3 Å². The Labute approximate surface area is 109 Å². The normalized spacial score (nSPS) is 21.1. The van der Waals surface area contributed by atoms with Gasteiger partial charge in [-0.1, -0.05) is 13.8 Å². The maximum absolute atomic E-state index is 11.4. The van der Waals surface area contributed by atoms with Crippen molar-refractivity contribution in [2.24, 2.45) is 5.92 Å². The van der Waals surface area contributed by atoms with Gasteiger partial charge in [-0.05, 0) is 12.3 Å². The van der Waals surface area contributed by atoms with Crippen LogP contribution in [-0.4, -0.2) is 67.2 Å². The van der Waals surface area contributed by atoms with E-state index >= 15 is 0 Å². The molecule has 18 heavy (non-hydrogen) atoms. The Hall–Kier alpha value is -0.660. The van der Waals surface area contributed by atoms with Crippen LogP contribution in [0.15, 0.2) is 0 Å². The summed E-state index contributed by atoms with van der Waals surface area (Å²) in [4.78, 5) is 13.1. The number of aliphatic carboxylic acids is 1. The van der Waals surface area contributed by atoms with Crippen molar-refractivity contribution in [3.8, 4) is 0 Å². The molecule has 1 unspecified atom stereocenters. The molecule has 0 spiro atoms. The summed E-state index contributed by atoms with van der Waals surface area (Å²) in [7, 11) is -3.16. The fraction of sp³-hybridized carbons (Fsp3) is 0.909. The average Bonchev–Trinajstić information content (AvgIpc) is 2.24. The molecule has 1 atom stereocenters. The van der Waals surface area contributed by atoms with E-state index in [-0.39, 0.29) is 0 Å². The SMILES string of the molecule is CC(C)CC(C(=O)O)N1CCN(S(C)(=O)=O)CC1. The molecule has 1 aliphatic rings. The molecule has 1 rings (SSSR count). The van der Waals surface area contributed by atoms with E-state index < -0.39 is 22.0 Å². The van der Waals surface area contributed by atoms with Crippen molar-refractivity contribution in [1.82, 2.24) is 9.21 Å². The van der Waals surface area contributed by atoms with Crippen LogP contribution < -0.4 is 0 Å². The summed E-state index contributed by atoms with van der Waals surface area (Å²) >= 11 is 0. The van der Waals surface area contributed by atoms with Crippen molar-refractivity contribution in [1.29, 1.82) is 0 Å². The van der Waals surface area contributed by atoms with E-state index in [1.54, 1.807) is 0 Å². The van der Waals surface area contributed by atoms with Crippen LogP contribution in [0, 0.1) is 5.92 Å². The minimum atomic E-state index is -3.16. The fourth-order valence-corrected chi connectivity index (χ4v) is 3.03. The van der Waals surface area contributed by atoms with Crippen LogP contribution in [0.25, 0.3) is 0 Å². The number of carboxylic acids is 1. The van der Waals surface area contributed by atoms with Crippen LogP contribution >= 0.6 is 0 Å². The Morgan fingerprint density at radius 3 is 2.06 bits per heavy atom. The van der Waals surface area contributed by atoms with Gasteiger partial charge in [0.2, 0.25) is 10.0 Å². The summed E-state index contributed by atoms with van der Waals surface area (Å²) < 4.78 is 24.1. The first-order valence-corrected chi connectivity index (χ1v) is 7.98. The molecule has 0 bridgehead atoms. The number of nitrogens with zero attached hydrogens (tertiary/aromatic N) is 2. The van der Waals surface area contributed by atoms with Crippen molar-refractivity contribution in [3.63, 3.8) is 0 Å². The molecule has 1 saturated heterocycles. The summed E-state index contributed by atoms with van der Waals surface area (Å²) in [6, 6.07) is -0.508. The van der Waals surface area contributed by atoms with E-state index in [9.17, 15) is 18.3 Å². The molecule has 6 nitrogen and oxygen atoms in total. The van der Waals surface area contributed by atoms with Gasteiger partial charge in [0, 0.05) is 26.2 Å². The number of sulfonamides is 1. The molecule has 0 aliphatic carbocycles. The second kappa shape index (κ2) is 5.99. The Morgan fingerprint density at radius 1 is 1.22 bits per heavy atom. The predicted octanol–water partition coefficient (Wildman–Crippen LogP) is 0.0629. The lowest BCUT2D eigenvalue weighted by molar-refractivity contribution is -0.144. The third-order valence-electron chi connectivity index (χ3n) is 3.16. The van der Waals surface area contributed by atoms with Crippen LogP contribution in [0.1, 0.15) is 20.3 Å². The lowest BCUT2D eigenvalue weighted by Crippen LogP contribution is -2.54. The molecule has 0 saturated carbocycles. The van der Waals surface area contributed by atoms with E-state index in [1.165, 1.54) is 10.6 Å². The first-order valence-electron chi connectivity index (χ1n) is 6.13. The predicted molar refractivity (Wildman–Crippen MR) is 68.9 cm³/mol. The number of piperazine rings is 1. The summed E-state index contributed by atoms with van der Waals surface area (Å²) in [5, 5.41) is 9.23. The minimum absolute atomic E-state index is 0.305. The molecule has 1 heterocycles. The summed E-state index contributed by atoms with van der Waals surface area (Å²) in [5.41, 5.74) is 0. The van der Waals surface area contributed by atoms with Gasteiger partial charge in [-0.25, -0.2) is 8.42 Å². The quantitative estimate of drug-likeness (QED) is 0.769. The zero-order valence-electron chi connectivity index (χ0n) is 11.2. The topological polar surface area (TPSA) is 77.9 Å². The minimum Gasteiger partial charge on any atom is -0.480 e. The standard InChI is InChI=1S/C11H22N2O4S/c1-9(2)8-10(11(14)15)12-4-6-13(7-5-12)18(3,16)17/h9-10H,4-8H2,1-3H3,(H,14,15). The monoisotopic (exact) mass is 278 g/mol. The lowest BCUT2D eigenvalue weighted by Gasteiger charge is -2.37. The molecule has 0 radical (unpaired) electrons. The van der Waals surface area contributed by atoms with Crippen LogP contribution in [0.4, 0.5) is 0 Å². The van der Waals surface area contributed by atoms with Gasteiger partial charge in [0.15, 0.2) is 0 Å². The molecule has 0 amide bonds. The number of rotatable bonds is 5. The Balaban J connectivity index is 2.62. The van der Waals surface area contributed by atoms with Crippen molar-refractivity contribution >= 4 is 16.0 Å². The second-order valence-corrected chi connectivity index (χ2v) is 7.16. The van der Waals surface area contributed by atoms with Gasteiger partial charge in [-0.3, -0.25) is 9.69 Å². The molecular formula is C11H22N2O4S. The maximum Gasteiger partial charge on any atom is 0.320 e. The first kappa shape index (κ1) is 15.4. The summed E-state index contributed by atoms with van der Waals surface area (Å²) in [6.07, 6.45) is 1.78. The highest BCUT2D eigenvalue weighted by atomic mass is 32.2.